The Bertz CT molecular complexity index is 168. The number of ether oxygens (including phenoxy) is 3. The van der Waals surface area contributed by atoms with Crippen molar-refractivity contribution in [1.82, 2.24) is 5.32 Å². The molecule has 0 aliphatic rings. The average molecular weight is 240 g/mol. The third-order valence-corrected chi connectivity index (χ3v) is 1.81. The van der Waals surface area contributed by atoms with Crippen molar-refractivity contribution in [3.63, 3.8) is 0 Å². The zero-order chi connectivity index (χ0) is 11.5. The average Bonchev–Trinajstić information content (AvgIpc) is 2.22. The lowest BCUT2D eigenvalue weighted by atomic mass is 10.4. The van der Waals surface area contributed by atoms with Crippen molar-refractivity contribution in [3.05, 3.63) is 0 Å². The number of carbonyl (C=O) groups excluding carboxylic acids is 1. The highest BCUT2D eigenvalue weighted by Gasteiger charge is 2.06. The van der Waals surface area contributed by atoms with Gasteiger partial charge in [-0.25, -0.2) is 0 Å². The van der Waals surface area contributed by atoms with E-state index in [1.807, 2.05) is 0 Å². The number of hydrogen-bond acceptors (Lipinski definition) is 4. The number of methoxy groups -OCH3 is 2. The van der Waals surface area contributed by atoms with Crippen LogP contribution in [0.2, 0.25) is 0 Å². The molecule has 6 heteroatoms. The van der Waals surface area contributed by atoms with Gasteiger partial charge in [0.15, 0.2) is 0 Å². The van der Waals surface area contributed by atoms with E-state index < -0.39 is 0 Å². The molecule has 1 unspecified atom stereocenters. The van der Waals surface area contributed by atoms with Crippen LogP contribution in [0.1, 0.15) is 0 Å². The summed E-state index contributed by atoms with van der Waals surface area (Å²) in [6.07, 6.45) is 0. The van der Waals surface area contributed by atoms with Crippen molar-refractivity contribution in [1.29, 1.82) is 0 Å². The molecule has 0 radical (unpaired) electrons. The van der Waals surface area contributed by atoms with E-state index in [1.165, 1.54) is 0 Å². The Kier molecular flexibility index (Phi) is 9.92. The second kappa shape index (κ2) is 10.2. The highest BCUT2D eigenvalue weighted by Crippen LogP contribution is 1.93. The van der Waals surface area contributed by atoms with Crippen molar-refractivity contribution in [2.45, 2.75) is 5.38 Å². The van der Waals surface area contributed by atoms with Crippen LogP contribution in [0, 0.1) is 0 Å². The number of hydrogen-bond donors (Lipinski definition) is 1. The van der Waals surface area contributed by atoms with Gasteiger partial charge in [0.25, 0.3) is 0 Å². The molecule has 1 amide bonds. The van der Waals surface area contributed by atoms with E-state index in [0.717, 1.165) is 0 Å². The zero-order valence-electron chi connectivity index (χ0n) is 9.12. The summed E-state index contributed by atoms with van der Waals surface area (Å²) in [5, 5.41) is 2.42. The number of halogens is 1. The standard InChI is InChI=1S/C9H18ClNO4/c1-13-3-4-15-7-9(12)11-5-8(10)6-14-2/h8H,3-7H2,1-2H3,(H,11,12). The Morgan fingerprint density at radius 1 is 1.33 bits per heavy atom. The van der Waals surface area contributed by atoms with Gasteiger partial charge in [-0.2, -0.15) is 0 Å². The van der Waals surface area contributed by atoms with Gasteiger partial charge in [-0.3, -0.25) is 4.79 Å². The van der Waals surface area contributed by atoms with Crippen LogP contribution >= 0.6 is 11.6 Å². The summed E-state index contributed by atoms with van der Waals surface area (Å²) in [6.45, 7) is 1.70. The molecule has 0 aliphatic heterocycles. The maximum Gasteiger partial charge on any atom is 0.246 e. The lowest BCUT2D eigenvalue weighted by molar-refractivity contribution is -0.126. The van der Waals surface area contributed by atoms with Gasteiger partial charge in [0.1, 0.15) is 6.61 Å². The maximum absolute atomic E-state index is 11.1. The largest absolute Gasteiger partial charge is 0.383 e. The number of amides is 1. The first-order valence-corrected chi connectivity index (χ1v) is 5.10. The lowest BCUT2D eigenvalue weighted by Gasteiger charge is -2.09. The number of nitrogens with one attached hydrogen (secondary N) is 1. The molecule has 0 rings (SSSR count). The molecule has 0 bridgehead atoms. The minimum atomic E-state index is -0.210. The highest BCUT2D eigenvalue weighted by molar-refractivity contribution is 6.21. The van der Waals surface area contributed by atoms with Crippen molar-refractivity contribution in [3.8, 4) is 0 Å². The van der Waals surface area contributed by atoms with Crippen LogP contribution < -0.4 is 5.32 Å². The van der Waals surface area contributed by atoms with E-state index in [4.69, 9.17) is 25.8 Å². The quantitative estimate of drug-likeness (QED) is 0.455. The fraction of sp³-hybridized carbons (Fsp3) is 0.889. The Morgan fingerprint density at radius 3 is 2.67 bits per heavy atom. The van der Waals surface area contributed by atoms with E-state index in [1.54, 1.807) is 14.2 Å². The third-order valence-electron chi connectivity index (χ3n) is 1.53. The maximum atomic E-state index is 11.1. The van der Waals surface area contributed by atoms with Gasteiger partial charge in [-0.05, 0) is 0 Å². The van der Waals surface area contributed by atoms with Crippen LogP contribution in [-0.4, -0.2) is 58.5 Å². The molecule has 1 N–H and O–H groups in total. The number of alkyl halides is 1. The molecule has 0 saturated heterocycles. The molecule has 0 saturated carbocycles. The second-order valence-corrected chi connectivity index (χ2v) is 3.52. The molecule has 5 nitrogen and oxygen atoms in total. The van der Waals surface area contributed by atoms with Crippen molar-refractivity contribution in [2.24, 2.45) is 0 Å². The minimum Gasteiger partial charge on any atom is -0.383 e. The predicted octanol–water partition coefficient (Wildman–Crippen LogP) is 0.0194. The van der Waals surface area contributed by atoms with E-state index in [9.17, 15) is 4.79 Å². The van der Waals surface area contributed by atoms with Gasteiger partial charge in [0.2, 0.25) is 5.91 Å². The zero-order valence-corrected chi connectivity index (χ0v) is 9.88. The molecule has 0 heterocycles. The van der Waals surface area contributed by atoms with Gasteiger partial charge >= 0.3 is 0 Å². The van der Waals surface area contributed by atoms with Crippen LogP contribution in [0.25, 0.3) is 0 Å². The fourth-order valence-corrected chi connectivity index (χ4v) is 1.03. The summed E-state index contributed by atoms with van der Waals surface area (Å²) in [5.41, 5.74) is 0. The lowest BCUT2D eigenvalue weighted by Crippen LogP contribution is -2.34. The molecule has 0 aliphatic carbocycles. The molecule has 15 heavy (non-hydrogen) atoms. The van der Waals surface area contributed by atoms with E-state index in [0.29, 0.717) is 26.4 Å². The molecule has 0 aromatic rings. The van der Waals surface area contributed by atoms with Crippen LogP contribution in [-0.2, 0) is 19.0 Å². The molecule has 1 atom stereocenters. The second-order valence-electron chi connectivity index (χ2n) is 2.90. The predicted molar refractivity (Wildman–Crippen MR) is 57.2 cm³/mol. The summed E-state index contributed by atoms with van der Waals surface area (Å²) in [4.78, 5) is 11.1. The minimum absolute atomic E-state index is 0.0277. The summed E-state index contributed by atoms with van der Waals surface area (Å²) in [6, 6.07) is 0. The van der Waals surface area contributed by atoms with Crippen LogP contribution in [0.3, 0.4) is 0 Å². The number of rotatable bonds is 9. The smallest absolute Gasteiger partial charge is 0.246 e. The normalized spacial score (nSPS) is 12.5. The van der Waals surface area contributed by atoms with E-state index in [2.05, 4.69) is 5.32 Å². The Labute approximate surface area is 95.0 Å². The number of carbonyl (C=O) groups is 1. The van der Waals surface area contributed by atoms with E-state index >= 15 is 0 Å². The Balaban J connectivity index is 3.32. The van der Waals surface area contributed by atoms with Gasteiger partial charge in [0, 0.05) is 20.8 Å². The van der Waals surface area contributed by atoms with Gasteiger partial charge in [0.05, 0.1) is 25.2 Å². The molecule has 0 aromatic heterocycles. The highest BCUT2D eigenvalue weighted by atomic mass is 35.5. The van der Waals surface area contributed by atoms with Crippen LogP contribution in [0.4, 0.5) is 0 Å². The monoisotopic (exact) mass is 239 g/mol. The van der Waals surface area contributed by atoms with Gasteiger partial charge in [-0.1, -0.05) is 0 Å². The van der Waals surface area contributed by atoms with Gasteiger partial charge in [-0.15, -0.1) is 11.6 Å². The van der Waals surface area contributed by atoms with Crippen molar-refractivity contribution in [2.75, 3.05) is 47.2 Å². The first-order chi connectivity index (χ1) is 7.20. The summed E-state index contributed by atoms with van der Waals surface area (Å²) in [5.74, 6) is -0.187. The van der Waals surface area contributed by atoms with Gasteiger partial charge < -0.3 is 19.5 Å². The molecular weight excluding hydrogens is 222 g/mol. The summed E-state index contributed by atoms with van der Waals surface area (Å²) >= 11 is 5.81. The van der Waals surface area contributed by atoms with Crippen LogP contribution in [0.15, 0.2) is 0 Å². The Morgan fingerprint density at radius 2 is 2.07 bits per heavy atom. The third kappa shape index (κ3) is 9.93. The van der Waals surface area contributed by atoms with E-state index in [-0.39, 0.29) is 17.9 Å². The van der Waals surface area contributed by atoms with Crippen molar-refractivity contribution >= 4 is 17.5 Å². The summed E-state index contributed by atoms with van der Waals surface area (Å²) in [7, 11) is 3.14. The molecule has 0 aromatic carbocycles. The fourth-order valence-electron chi connectivity index (χ4n) is 0.823. The molecular formula is C9H18ClNO4. The topological polar surface area (TPSA) is 56.8 Å². The van der Waals surface area contributed by atoms with Crippen LogP contribution in [0.5, 0.6) is 0 Å². The van der Waals surface area contributed by atoms with Crippen molar-refractivity contribution < 1.29 is 19.0 Å². The SMILES string of the molecule is COCCOCC(=O)NCC(Cl)COC. The Hall–Kier alpha value is -0.360. The first kappa shape index (κ1) is 14.6. The summed E-state index contributed by atoms with van der Waals surface area (Å²) < 4.78 is 14.6. The molecule has 0 fully saturated rings. The molecule has 90 valence electrons. The molecule has 0 spiro atoms. The first-order valence-electron chi connectivity index (χ1n) is 4.67.